The van der Waals surface area contributed by atoms with E-state index in [-0.39, 0.29) is 18.1 Å². The number of H-pyrrole nitrogens is 1. The lowest BCUT2D eigenvalue weighted by Crippen LogP contribution is -2.21. The third-order valence-corrected chi connectivity index (χ3v) is 3.40. The predicted octanol–water partition coefficient (Wildman–Crippen LogP) is -1.20. The van der Waals surface area contributed by atoms with Crippen LogP contribution in [0.3, 0.4) is 0 Å². The SMILES string of the molecule is Nc1nc2c(ncn2[C@H]2C[C@H](C=O)[C@@H](CO)O2)c(=O)[nH]1. The van der Waals surface area contributed by atoms with Gasteiger partial charge in [-0.25, -0.2) is 4.98 Å². The van der Waals surface area contributed by atoms with Crippen molar-refractivity contribution in [1.82, 2.24) is 19.5 Å². The molecule has 4 N–H and O–H groups in total. The number of hydrogen-bond donors (Lipinski definition) is 3. The Kier molecular flexibility index (Phi) is 2.99. The lowest BCUT2D eigenvalue weighted by atomic mass is 10.0. The second kappa shape index (κ2) is 4.69. The molecule has 2 aromatic rings. The first-order valence-corrected chi connectivity index (χ1v) is 6.08. The smallest absolute Gasteiger partial charge is 0.280 e. The number of aliphatic hydroxyl groups is 1. The Bertz CT molecular complexity index is 708. The van der Waals surface area contributed by atoms with E-state index in [0.717, 1.165) is 6.29 Å². The van der Waals surface area contributed by atoms with Crippen LogP contribution < -0.4 is 11.3 Å². The average molecular weight is 279 g/mol. The summed E-state index contributed by atoms with van der Waals surface area (Å²) in [4.78, 5) is 33.0. The van der Waals surface area contributed by atoms with Crippen molar-refractivity contribution in [3.8, 4) is 0 Å². The molecule has 0 radical (unpaired) electrons. The van der Waals surface area contributed by atoms with E-state index in [1.807, 2.05) is 0 Å². The molecule has 9 heteroatoms. The number of nitrogen functional groups attached to an aromatic ring is 1. The van der Waals surface area contributed by atoms with Crippen LogP contribution in [-0.2, 0) is 9.53 Å². The summed E-state index contributed by atoms with van der Waals surface area (Å²) in [5, 5.41) is 9.18. The predicted molar refractivity (Wildman–Crippen MR) is 67.7 cm³/mol. The number of nitrogens with one attached hydrogen (secondary N) is 1. The molecule has 3 rings (SSSR count). The van der Waals surface area contributed by atoms with Gasteiger partial charge in [0.05, 0.1) is 19.0 Å². The maximum Gasteiger partial charge on any atom is 0.280 e. The summed E-state index contributed by atoms with van der Waals surface area (Å²) in [5.74, 6) is -0.422. The molecule has 3 heterocycles. The van der Waals surface area contributed by atoms with E-state index in [0.29, 0.717) is 12.1 Å². The van der Waals surface area contributed by atoms with Gasteiger partial charge in [-0.3, -0.25) is 14.3 Å². The number of aliphatic hydroxyl groups excluding tert-OH is 1. The molecule has 1 saturated heterocycles. The molecule has 3 atom stereocenters. The second-order valence-electron chi connectivity index (χ2n) is 4.62. The number of aldehydes is 1. The summed E-state index contributed by atoms with van der Waals surface area (Å²) in [6.45, 7) is -0.247. The van der Waals surface area contributed by atoms with Crippen LogP contribution in [0, 0.1) is 5.92 Å². The molecule has 2 aromatic heterocycles. The number of fused-ring (bicyclic) bond motifs is 1. The first-order valence-electron chi connectivity index (χ1n) is 6.08. The highest BCUT2D eigenvalue weighted by Gasteiger charge is 2.36. The van der Waals surface area contributed by atoms with Crippen molar-refractivity contribution in [3.63, 3.8) is 0 Å². The molecular formula is C11H13N5O4. The van der Waals surface area contributed by atoms with E-state index in [2.05, 4.69) is 15.0 Å². The van der Waals surface area contributed by atoms with Crippen molar-refractivity contribution in [2.24, 2.45) is 5.92 Å². The van der Waals surface area contributed by atoms with Crippen LogP contribution in [0.25, 0.3) is 11.2 Å². The van der Waals surface area contributed by atoms with E-state index < -0.39 is 23.8 Å². The monoisotopic (exact) mass is 279 g/mol. The summed E-state index contributed by atoms with van der Waals surface area (Å²) in [7, 11) is 0. The van der Waals surface area contributed by atoms with Crippen molar-refractivity contribution in [3.05, 3.63) is 16.7 Å². The minimum absolute atomic E-state index is 0.0205. The average Bonchev–Trinajstić information content (AvgIpc) is 3.01. The highest BCUT2D eigenvalue weighted by Crippen LogP contribution is 2.33. The maximum atomic E-state index is 11.7. The Labute approximate surface area is 112 Å². The van der Waals surface area contributed by atoms with Gasteiger partial charge in [0.15, 0.2) is 11.2 Å². The highest BCUT2D eigenvalue weighted by molar-refractivity contribution is 5.70. The fraction of sp³-hybridized carbons (Fsp3) is 0.455. The van der Waals surface area contributed by atoms with Crippen LogP contribution in [0.15, 0.2) is 11.1 Å². The van der Waals surface area contributed by atoms with Crippen molar-refractivity contribution in [2.45, 2.75) is 18.8 Å². The zero-order valence-corrected chi connectivity index (χ0v) is 10.4. The van der Waals surface area contributed by atoms with Gasteiger partial charge in [-0.05, 0) is 0 Å². The first-order chi connectivity index (χ1) is 9.63. The van der Waals surface area contributed by atoms with E-state index in [1.54, 1.807) is 4.57 Å². The van der Waals surface area contributed by atoms with Crippen LogP contribution in [0.2, 0.25) is 0 Å². The largest absolute Gasteiger partial charge is 0.394 e. The number of rotatable bonds is 3. The molecule has 0 bridgehead atoms. The van der Waals surface area contributed by atoms with Gasteiger partial charge in [0.25, 0.3) is 5.56 Å². The third kappa shape index (κ3) is 1.87. The van der Waals surface area contributed by atoms with Crippen LogP contribution in [-0.4, -0.2) is 43.6 Å². The maximum absolute atomic E-state index is 11.7. The highest BCUT2D eigenvalue weighted by atomic mass is 16.5. The van der Waals surface area contributed by atoms with Gasteiger partial charge >= 0.3 is 0 Å². The summed E-state index contributed by atoms with van der Waals surface area (Å²) in [6.07, 6.45) is 1.48. The van der Waals surface area contributed by atoms with Crippen molar-refractivity contribution < 1.29 is 14.6 Å². The molecule has 1 aliphatic rings. The summed E-state index contributed by atoms with van der Waals surface area (Å²) in [6, 6.07) is 0. The molecule has 106 valence electrons. The minimum Gasteiger partial charge on any atom is -0.394 e. The van der Waals surface area contributed by atoms with Gasteiger partial charge in [0, 0.05) is 12.3 Å². The molecule has 0 aromatic carbocycles. The minimum atomic E-state index is -0.561. The van der Waals surface area contributed by atoms with Crippen LogP contribution in [0.1, 0.15) is 12.6 Å². The Hall–Kier alpha value is -2.26. The molecule has 0 saturated carbocycles. The Balaban J connectivity index is 2.03. The quantitative estimate of drug-likeness (QED) is 0.600. The first kappa shape index (κ1) is 12.8. The number of imidazole rings is 1. The van der Waals surface area contributed by atoms with Crippen LogP contribution >= 0.6 is 0 Å². The second-order valence-corrected chi connectivity index (χ2v) is 4.62. The number of nitrogens with two attached hydrogens (primary N) is 1. The molecular weight excluding hydrogens is 266 g/mol. The van der Waals surface area contributed by atoms with E-state index >= 15 is 0 Å². The topological polar surface area (TPSA) is 136 Å². The number of anilines is 1. The van der Waals surface area contributed by atoms with Gasteiger partial charge in [-0.2, -0.15) is 4.98 Å². The molecule has 1 aliphatic heterocycles. The summed E-state index contributed by atoms with van der Waals surface area (Å²) >= 11 is 0. The lowest BCUT2D eigenvalue weighted by Gasteiger charge is -2.13. The molecule has 0 aliphatic carbocycles. The zero-order valence-electron chi connectivity index (χ0n) is 10.4. The Morgan fingerprint density at radius 3 is 3.10 bits per heavy atom. The Morgan fingerprint density at radius 1 is 1.65 bits per heavy atom. The fourth-order valence-corrected chi connectivity index (χ4v) is 2.40. The van der Waals surface area contributed by atoms with E-state index in [1.165, 1.54) is 6.33 Å². The fourth-order valence-electron chi connectivity index (χ4n) is 2.40. The number of aromatic nitrogens is 4. The van der Waals surface area contributed by atoms with E-state index in [4.69, 9.17) is 10.5 Å². The number of aromatic amines is 1. The standard InChI is InChI=1S/C11H13N5O4/c12-11-14-9-8(10(19)15-11)13-4-16(9)7-1-5(2-17)6(3-18)20-7/h2,4-7,18H,1,3H2,(H3,12,14,15,19)/t5-,6-,7-/m1/s1. The molecule has 9 nitrogen and oxygen atoms in total. The number of nitrogens with zero attached hydrogens (tertiary/aromatic N) is 3. The summed E-state index contributed by atoms with van der Waals surface area (Å²) < 4.78 is 7.14. The van der Waals surface area contributed by atoms with Gasteiger partial charge < -0.3 is 20.4 Å². The van der Waals surface area contributed by atoms with Gasteiger partial charge in [-0.1, -0.05) is 0 Å². The summed E-state index contributed by atoms with van der Waals surface area (Å²) in [5.41, 5.74) is 5.52. The van der Waals surface area contributed by atoms with Crippen molar-refractivity contribution in [1.29, 1.82) is 0 Å². The van der Waals surface area contributed by atoms with Crippen molar-refractivity contribution >= 4 is 23.4 Å². The van der Waals surface area contributed by atoms with Gasteiger partial charge in [0.2, 0.25) is 5.95 Å². The van der Waals surface area contributed by atoms with Gasteiger partial charge in [0.1, 0.15) is 12.5 Å². The van der Waals surface area contributed by atoms with Crippen LogP contribution in [0.5, 0.6) is 0 Å². The molecule has 0 amide bonds. The van der Waals surface area contributed by atoms with Gasteiger partial charge in [-0.15, -0.1) is 0 Å². The number of carbonyl (C=O) groups excluding carboxylic acids is 1. The normalized spacial score (nSPS) is 26.1. The number of carbonyl (C=O) groups is 1. The Morgan fingerprint density at radius 2 is 2.45 bits per heavy atom. The zero-order chi connectivity index (χ0) is 14.3. The third-order valence-electron chi connectivity index (χ3n) is 3.40. The van der Waals surface area contributed by atoms with Crippen LogP contribution in [0.4, 0.5) is 5.95 Å². The van der Waals surface area contributed by atoms with E-state index in [9.17, 15) is 14.7 Å². The number of hydrogen-bond acceptors (Lipinski definition) is 7. The van der Waals surface area contributed by atoms with Crippen molar-refractivity contribution in [2.75, 3.05) is 12.3 Å². The lowest BCUT2D eigenvalue weighted by molar-refractivity contribution is -0.113. The molecule has 1 fully saturated rings. The number of ether oxygens (including phenoxy) is 1. The molecule has 0 unspecified atom stereocenters. The molecule has 20 heavy (non-hydrogen) atoms. The molecule has 0 spiro atoms.